The summed E-state index contributed by atoms with van der Waals surface area (Å²) in [6.07, 6.45) is 5.51. The van der Waals surface area contributed by atoms with Gasteiger partial charge >= 0.3 is 0 Å². The summed E-state index contributed by atoms with van der Waals surface area (Å²) in [6.45, 7) is 8.22. The van der Waals surface area contributed by atoms with Gasteiger partial charge in [-0.1, -0.05) is 13.8 Å². The van der Waals surface area contributed by atoms with Crippen molar-refractivity contribution >= 4 is 0 Å². The molecule has 3 nitrogen and oxygen atoms in total. The van der Waals surface area contributed by atoms with E-state index >= 15 is 0 Å². The van der Waals surface area contributed by atoms with Crippen molar-refractivity contribution in [3.8, 4) is 0 Å². The number of ether oxygens (including phenoxy) is 2. The van der Waals surface area contributed by atoms with Gasteiger partial charge in [0, 0.05) is 32.7 Å². The van der Waals surface area contributed by atoms with E-state index in [9.17, 15) is 0 Å². The lowest BCUT2D eigenvalue weighted by molar-refractivity contribution is -0.187. The van der Waals surface area contributed by atoms with Crippen LogP contribution in [0.5, 0.6) is 0 Å². The lowest BCUT2D eigenvalue weighted by atomic mass is 9.87. The molecule has 0 aliphatic carbocycles. The third kappa shape index (κ3) is 2.41. The zero-order valence-corrected chi connectivity index (χ0v) is 10.7. The van der Waals surface area contributed by atoms with E-state index in [1.54, 1.807) is 0 Å². The van der Waals surface area contributed by atoms with Gasteiger partial charge in [0.15, 0.2) is 0 Å². The van der Waals surface area contributed by atoms with E-state index in [0.717, 1.165) is 58.4 Å². The van der Waals surface area contributed by atoms with Crippen LogP contribution in [-0.4, -0.2) is 37.5 Å². The molecule has 1 N–H and O–H groups in total. The second-order valence-electron chi connectivity index (χ2n) is 5.24. The van der Waals surface area contributed by atoms with Crippen LogP contribution in [0, 0.1) is 0 Å². The average molecular weight is 227 g/mol. The quantitative estimate of drug-likeness (QED) is 0.783. The van der Waals surface area contributed by atoms with E-state index in [0.29, 0.717) is 0 Å². The van der Waals surface area contributed by atoms with Crippen LogP contribution in [-0.2, 0) is 9.47 Å². The average Bonchev–Trinajstić information content (AvgIpc) is 2.55. The number of morpholine rings is 1. The minimum absolute atomic E-state index is 0.0424. The Morgan fingerprint density at radius 2 is 1.88 bits per heavy atom. The molecule has 0 bridgehead atoms. The first kappa shape index (κ1) is 12.3. The van der Waals surface area contributed by atoms with Crippen LogP contribution < -0.4 is 5.32 Å². The van der Waals surface area contributed by atoms with Gasteiger partial charge in [0.2, 0.25) is 0 Å². The number of nitrogens with one attached hydrogen (secondary N) is 1. The van der Waals surface area contributed by atoms with Gasteiger partial charge in [0.25, 0.3) is 0 Å². The molecule has 2 aliphatic rings. The van der Waals surface area contributed by atoms with Crippen molar-refractivity contribution in [2.24, 2.45) is 0 Å². The van der Waals surface area contributed by atoms with Gasteiger partial charge in [-0.25, -0.2) is 0 Å². The van der Waals surface area contributed by atoms with Gasteiger partial charge in [0.05, 0.1) is 11.2 Å². The summed E-state index contributed by atoms with van der Waals surface area (Å²) in [5.41, 5.74) is 0.101. The van der Waals surface area contributed by atoms with Crippen LogP contribution in [0.15, 0.2) is 0 Å². The second-order valence-corrected chi connectivity index (χ2v) is 5.24. The van der Waals surface area contributed by atoms with Gasteiger partial charge in [-0.2, -0.15) is 0 Å². The normalized spacial score (nSPS) is 34.9. The highest BCUT2D eigenvalue weighted by Crippen LogP contribution is 2.36. The van der Waals surface area contributed by atoms with Crippen LogP contribution >= 0.6 is 0 Å². The summed E-state index contributed by atoms with van der Waals surface area (Å²) in [7, 11) is 0. The summed E-state index contributed by atoms with van der Waals surface area (Å²) in [5.74, 6) is 0. The van der Waals surface area contributed by atoms with Crippen molar-refractivity contribution < 1.29 is 9.47 Å². The van der Waals surface area contributed by atoms with Gasteiger partial charge in [-0.05, 0) is 25.7 Å². The number of rotatable bonds is 2. The zero-order chi connectivity index (χ0) is 11.5. The molecular formula is C13H25NO2. The molecule has 0 radical (unpaired) electrons. The Bertz CT molecular complexity index is 218. The molecule has 0 aromatic heterocycles. The van der Waals surface area contributed by atoms with Gasteiger partial charge < -0.3 is 14.8 Å². The predicted molar refractivity (Wildman–Crippen MR) is 64.7 cm³/mol. The molecular weight excluding hydrogens is 202 g/mol. The molecule has 0 saturated carbocycles. The van der Waals surface area contributed by atoms with Crippen molar-refractivity contribution in [2.45, 2.75) is 57.2 Å². The Morgan fingerprint density at radius 1 is 1.06 bits per heavy atom. The Labute approximate surface area is 98.9 Å². The lowest BCUT2D eigenvalue weighted by Crippen LogP contribution is -2.60. The van der Waals surface area contributed by atoms with E-state index in [4.69, 9.17) is 9.47 Å². The first-order valence-electron chi connectivity index (χ1n) is 6.73. The van der Waals surface area contributed by atoms with Crippen LogP contribution in [0.2, 0.25) is 0 Å². The van der Waals surface area contributed by atoms with Gasteiger partial charge in [0.1, 0.15) is 0 Å². The molecule has 2 aliphatic heterocycles. The molecule has 2 saturated heterocycles. The second kappa shape index (κ2) is 5.03. The fourth-order valence-corrected chi connectivity index (χ4v) is 2.95. The molecule has 94 valence electrons. The fraction of sp³-hybridized carbons (Fsp3) is 1.00. The fourth-order valence-electron chi connectivity index (χ4n) is 2.95. The third-order valence-electron chi connectivity index (χ3n) is 4.24. The molecule has 0 aromatic rings. The van der Waals surface area contributed by atoms with Crippen molar-refractivity contribution in [1.29, 1.82) is 0 Å². The highest BCUT2D eigenvalue weighted by atomic mass is 16.5. The molecule has 16 heavy (non-hydrogen) atoms. The Kier molecular flexibility index (Phi) is 3.88. The van der Waals surface area contributed by atoms with E-state index in [1.807, 2.05) is 0 Å². The summed E-state index contributed by atoms with van der Waals surface area (Å²) < 4.78 is 12.1. The number of hydrogen-bond acceptors (Lipinski definition) is 3. The molecule has 0 amide bonds. The molecule has 1 spiro atoms. The van der Waals surface area contributed by atoms with Gasteiger partial charge in [-0.3, -0.25) is 0 Å². The van der Waals surface area contributed by atoms with Gasteiger partial charge in [-0.15, -0.1) is 0 Å². The third-order valence-corrected chi connectivity index (χ3v) is 4.24. The van der Waals surface area contributed by atoms with Crippen molar-refractivity contribution in [3.63, 3.8) is 0 Å². The van der Waals surface area contributed by atoms with Crippen molar-refractivity contribution in [3.05, 3.63) is 0 Å². The molecule has 0 aromatic carbocycles. The topological polar surface area (TPSA) is 30.5 Å². The maximum Gasteiger partial charge on any atom is 0.0837 e. The molecule has 3 heteroatoms. The Morgan fingerprint density at radius 3 is 2.62 bits per heavy atom. The SMILES string of the molecule is CCC1(CC)CNCC2(CCCOCC2)O1. The van der Waals surface area contributed by atoms with E-state index in [1.165, 1.54) is 0 Å². The van der Waals surface area contributed by atoms with Crippen LogP contribution in [0.3, 0.4) is 0 Å². The standard InChI is InChI=1S/C13H25NO2/c1-3-12(4-2)10-14-11-13(16-12)6-5-8-15-9-7-13/h14H,3-11H2,1-2H3. The van der Waals surface area contributed by atoms with E-state index in [-0.39, 0.29) is 11.2 Å². The summed E-state index contributed by atoms with van der Waals surface area (Å²) in [5, 5.41) is 3.59. The lowest BCUT2D eigenvalue weighted by Gasteiger charge is -2.48. The minimum atomic E-state index is 0.0424. The Balaban J connectivity index is 2.08. The minimum Gasteiger partial charge on any atom is -0.381 e. The number of hydrogen-bond donors (Lipinski definition) is 1. The summed E-state index contributed by atoms with van der Waals surface area (Å²) >= 11 is 0. The van der Waals surface area contributed by atoms with Crippen molar-refractivity contribution in [2.75, 3.05) is 26.3 Å². The summed E-state index contributed by atoms with van der Waals surface area (Å²) in [4.78, 5) is 0. The predicted octanol–water partition coefficient (Wildman–Crippen LogP) is 2.10. The van der Waals surface area contributed by atoms with E-state index < -0.39 is 0 Å². The van der Waals surface area contributed by atoms with Crippen molar-refractivity contribution in [1.82, 2.24) is 5.32 Å². The van der Waals surface area contributed by atoms with Crippen LogP contribution in [0.25, 0.3) is 0 Å². The first-order chi connectivity index (χ1) is 7.74. The summed E-state index contributed by atoms with van der Waals surface area (Å²) in [6, 6.07) is 0. The molecule has 2 rings (SSSR count). The molecule has 1 atom stereocenters. The van der Waals surface area contributed by atoms with Crippen LogP contribution in [0.1, 0.15) is 46.0 Å². The highest BCUT2D eigenvalue weighted by molar-refractivity contribution is 4.96. The zero-order valence-electron chi connectivity index (χ0n) is 10.7. The maximum atomic E-state index is 6.54. The first-order valence-corrected chi connectivity index (χ1v) is 6.73. The monoisotopic (exact) mass is 227 g/mol. The largest absolute Gasteiger partial charge is 0.381 e. The highest BCUT2D eigenvalue weighted by Gasteiger charge is 2.43. The van der Waals surface area contributed by atoms with E-state index in [2.05, 4.69) is 19.2 Å². The molecule has 2 heterocycles. The molecule has 1 unspecified atom stereocenters. The van der Waals surface area contributed by atoms with Crippen LogP contribution in [0.4, 0.5) is 0 Å². The maximum absolute atomic E-state index is 6.54. The smallest absolute Gasteiger partial charge is 0.0837 e. The molecule has 2 fully saturated rings. The Hall–Kier alpha value is -0.120.